The summed E-state index contributed by atoms with van der Waals surface area (Å²) in [5.74, 6) is 0. The van der Waals surface area contributed by atoms with E-state index in [0.29, 0.717) is 6.54 Å². The zero-order valence-electron chi connectivity index (χ0n) is 11.7. The number of sulfonamides is 1. The number of aromatic nitrogens is 1. The van der Waals surface area contributed by atoms with Gasteiger partial charge in [-0.2, -0.15) is 9.57 Å². The van der Waals surface area contributed by atoms with Crippen LogP contribution in [0.5, 0.6) is 0 Å². The van der Waals surface area contributed by atoms with E-state index in [1.165, 1.54) is 18.3 Å². The maximum Gasteiger partial charge on any atom is 0.244 e. The minimum absolute atomic E-state index is 0.0353. The van der Waals surface area contributed by atoms with Crippen molar-refractivity contribution in [3.63, 3.8) is 0 Å². The third kappa shape index (κ3) is 2.67. The van der Waals surface area contributed by atoms with Crippen LogP contribution in [0.2, 0.25) is 0 Å². The molecule has 3 heterocycles. The van der Waals surface area contributed by atoms with Gasteiger partial charge in [0.05, 0.1) is 0 Å². The fourth-order valence-electron chi connectivity index (χ4n) is 3.24. The zero-order chi connectivity index (χ0) is 14.9. The van der Waals surface area contributed by atoms with E-state index >= 15 is 0 Å². The van der Waals surface area contributed by atoms with Crippen LogP contribution in [0.1, 0.15) is 31.4 Å². The first-order valence-corrected chi connectivity index (χ1v) is 8.68. The van der Waals surface area contributed by atoms with Gasteiger partial charge in [-0.15, -0.1) is 0 Å². The van der Waals surface area contributed by atoms with Crippen LogP contribution < -0.4 is 5.32 Å². The van der Waals surface area contributed by atoms with Gasteiger partial charge in [-0.05, 0) is 44.4 Å². The molecule has 2 atom stereocenters. The highest BCUT2D eigenvalue weighted by Crippen LogP contribution is 2.30. The van der Waals surface area contributed by atoms with Gasteiger partial charge in [0, 0.05) is 24.8 Å². The van der Waals surface area contributed by atoms with Gasteiger partial charge in [-0.25, -0.2) is 13.4 Å². The lowest BCUT2D eigenvalue weighted by Gasteiger charge is -2.28. The molecule has 6 nitrogen and oxygen atoms in total. The largest absolute Gasteiger partial charge is 0.312 e. The molecule has 0 bridgehead atoms. The van der Waals surface area contributed by atoms with Crippen molar-refractivity contribution in [2.24, 2.45) is 0 Å². The molecule has 1 N–H and O–H groups in total. The molecule has 21 heavy (non-hydrogen) atoms. The minimum Gasteiger partial charge on any atom is -0.312 e. The van der Waals surface area contributed by atoms with E-state index in [9.17, 15) is 8.42 Å². The summed E-state index contributed by atoms with van der Waals surface area (Å²) in [7, 11) is -3.53. The SMILES string of the molecule is N#Cc1ccc(S(=O)(=O)N2CCCC2C2CCCN2)cn1. The molecule has 0 amide bonds. The van der Waals surface area contributed by atoms with Crippen LogP contribution in [-0.2, 0) is 10.0 Å². The van der Waals surface area contributed by atoms with Crippen molar-refractivity contribution in [2.45, 2.75) is 42.7 Å². The van der Waals surface area contributed by atoms with E-state index in [0.717, 1.165) is 32.2 Å². The summed E-state index contributed by atoms with van der Waals surface area (Å²) >= 11 is 0. The molecule has 0 aliphatic carbocycles. The molecule has 0 aromatic carbocycles. The third-order valence-electron chi connectivity index (χ3n) is 4.27. The molecule has 7 heteroatoms. The second-order valence-corrected chi connectivity index (χ2v) is 7.41. The molecular formula is C14H18N4O2S. The Bertz CT molecular complexity index is 645. The minimum atomic E-state index is -3.53. The van der Waals surface area contributed by atoms with Gasteiger partial charge in [0.15, 0.2) is 0 Å². The van der Waals surface area contributed by atoms with E-state index in [-0.39, 0.29) is 22.7 Å². The Kier molecular flexibility index (Phi) is 3.93. The van der Waals surface area contributed by atoms with Gasteiger partial charge >= 0.3 is 0 Å². The van der Waals surface area contributed by atoms with Crippen molar-refractivity contribution in [2.75, 3.05) is 13.1 Å². The lowest BCUT2D eigenvalue weighted by molar-refractivity contribution is 0.322. The highest BCUT2D eigenvalue weighted by atomic mass is 32.2. The van der Waals surface area contributed by atoms with Crippen molar-refractivity contribution >= 4 is 10.0 Å². The molecule has 2 aliphatic rings. The van der Waals surface area contributed by atoms with Gasteiger partial charge in [0.1, 0.15) is 16.7 Å². The Morgan fingerprint density at radius 3 is 2.81 bits per heavy atom. The average Bonchev–Trinajstić information content (AvgIpc) is 3.17. The summed E-state index contributed by atoms with van der Waals surface area (Å²) in [6.45, 7) is 1.53. The first-order chi connectivity index (χ1) is 10.1. The van der Waals surface area contributed by atoms with Crippen molar-refractivity contribution in [3.8, 4) is 6.07 Å². The predicted molar refractivity (Wildman–Crippen MR) is 76.9 cm³/mol. The molecule has 1 aromatic heterocycles. The van der Waals surface area contributed by atoms with E-state index < -0.39 is 10.0 Å². The fraction of sp³-hybridized carbons (Fsp3) is 0.571. The molecule has 2 fully saturated rings. The van der Waals surface area contributed by atoms with Crippen LogP contribution >= 0.6 is 0 Å². The summed E-state index contributed by atoms with van der Waals surface area (Å²) in [5, 5.41) is 12.2. The third-order valence-corrected chi connectivity index (χ3v) is 6.18. The number of nitriles is 1. The van der Waals surface area contributed by atoms with Crippen LogP contribution in [0.3, 0.4) is 0 Å². The van der Waals surface area contributed by atoms with E-state index in [4.69, 9.17) is 5.26 Å². The molecular weight excluding hydrogens is 288 g/mol. The number of nitrogens with one attached hydrogen (secondary N) is 1. The smallest absolute Gasteiger partial charge is 0.244 e. The second kappa shape index (κ2) is 5.72. The van der Waals surface area contributed by atoms with Crippen molar-refractivity contribution in [3.05, 3.63) is 24.0 Å². The molecule has 2 aliphatic heterocycles. The predicted octanol–water partition coefficient (Wildman–Crippen LogP) is 0.858. The molecule has 0 saturated carbocycles. The zero-order valence-corrected chi connectivity index (χ0v) is 12.5. The van der Waals surface area contributed by atoms with Crippen LogP contribution in [0.25, 0.3) is 0 Å². The lowest BCUT2D eigenvalue weighted by Crippen LogP contribution is -2.46. The monoisotopic (exact) mass is 306 g/mol. The van der Waals surface area contributed by atoms with E-state index in [1.54, 1.807) is 4.31 Å². The molecule has 2 unspecified atom stereocenters. The Morgan fingerprint density at radius 2 is 2.19 bits per heavy atom. The first kappa shape index (κ1) is 14.4. The van der Waals surface area contributed by atoms with Crippen molar-refractivity contribution in [1.82, 2.24) is 14.6 Å². The Balaban J connectivity index is 1.87. The van der Waals surface area contributed by atoms with Crippen LogP contribution in [0.4, 0.5) is 0 Å². The number of nitrogens with zero attached hydrogens (tertiary/aromatic N) is 3. The van der Waals surface area contributed by atoms with E-state index in [1.807, 2.05) is 6.07 Å². The van der Waals surface area contributed by atoms with Crippen LogP contribution in [-0.4, -0.2) is 42.9 Å². The van der Waals surface area contributed by atoms with Gasteiger partial charge in [-0.3, -0.25) is 0 Å². The van der Waals surface area contributed by atoms with Crippen LogP contribution in [0.15, 0.2) is 23.2 Å². The van der Waals surface area contributed by atoms with E-state index in [2.05, 4.69) is 10.3 Å². The molecule has 3 rings (SSSR count). The van der Waals surface area contributed by atoms with Gasteiger partial charge in [0.2, 0.25) is 10.0 Å². The Morgan fingerprint density at radius 1 is 1.33 bits per heavy atom. The highest BCUT2D eigenvalue weighted by molar-refractivity contribution is 7.89. The molecule has 112 valence electrons. The highest BCUT2D eigenvalue weighted by Gasteiger charge is 2.40. The maximum atomic E-state index is 12.8. The molecule has 1 aromatic rings. The number of hydrogen-bond acceptors (Lipinski definition) is 5. The number of rotatable bonds is 3. The second-order valence-electron chi connectivity index (χ2n) is 5.52. The normalized spacial score (nSPS) is 26.8. The average molecular weight is 306 g/mol. The molecule has 0 radical (unpaired) electrons. The summed E-state index contributed by atoms with van der Waals surface area (Å²) in [4.78, 5) is 4.05. The number of pyridine rings is 1. The van der Waals surface area contributed by atoms with Gasteiger partial charge in [-0.1, -0.05) is 0 Å². The lowest BCUT2D eigenvalue weighted by atomic mass is 10.1. The Labute approximate surface area is 124 Å². The van der Waals surface area contributed by atoms with Gasteiger partial charge in [0.25, 0.3) is 0 Å². The fourth-order valence-corrected chi connectivity index (χ4v) is 4.92. The summed E-state index contributed by atoms with van der Waals surface area (Å²) in [6, 6.07) is 5.11. The van der Waals surface area contributed by atoms with Crippen molar-refractivity contribution < 1.29 is 8.42 Å². The first-order valence-electron chi connectivity index (χ1n) is 7.24. The maximum absolute atomic E-state index is 12.8. The topological polar surface area (TPSA) is 86.1 Å². The van der Waals surface area contributed by atoms with Crippen LogP contribution in [0, 0.1) is 11.3 Å². The molecule has 0 spiro atoms. The molecule has 2 saturated heterocycles. The summed E-state index contributed by atoms with van der Waals surface area (Å²) in [5.41, 5.74) is 0.226. The standard InChI is InChI=1S/C14H18N4O2S/c15-9-11-5-6-12(10-17-11)21(19,20)18-8-2-4-14(18)13-3-1-7-16-13/h5-6,10,13-14,16H,1-4,7-8H2. The van der Waals surface area contributed by atoms with Gasteiger partial charge < -0.3 is 5.32 Å². The number of hydrogen-bond donors (Lipinski definition) is 1. The van der Waals surface area contributed by atoms with Crippen molar-refractivity contribution in [1.29, 1.82) is 5.26 Å². The quantitative estimate of drug-likeness (QED) is 0.895. The Hall–Kier alpha value is -1.49. The summed E-state index contributed by atoms with van der Waals surface area (Å²) in [6.07, 6.45) is 5.22. The summed E-state index contributed by atoms with van der Waals surface area (Å²) < 4.78 is 27.2.